The van der Waals surface area contributed by atoms with Crippen molar-refractivity contribution in [3.05, 3.63) is 54.6 Å². The van der Waals surface area contributed by atoms with Crippen LogP contribution in [0.4, 0.5) is 0 Å². The number of thiophene rings is 1. The minimum Gasteiger partial charge on any atom is -0.271 e. The fraction of sp³-hybridized carbons (Fsp3) is 0.167. The number of hydrazine groups is 1. The lowest BCUT2D eigenvalue weighted by molar-refractivity contribution is 0.633. The number of aryl methyl sites for hydroxylation is 1. The van der Waals surface area contributed by atoms with E-state index in [1.807, 2.05) is 6.07 Å². The van der Waals surface area contributed by atoms with E-state index in [0.717, 1.165) is 8.95 Å². The van der Waals surface area contributed by atoms with E-state index in [2.05, 4.69) is 67.1 Å². The largest absolute Gasteiger partial charge is 0.271 e. The van der Waals surface area contributed by atoms with E-state index in [4.69, 9.17) is 5.84 Å². The van der Waals surface area contributed by atoms with Crippen LogP contribution in [0.3, 0.4) is 0 Å². The molecular weight excluding hydrogens is 364 g/mol. The molecular formula is C12H12Br2N2S. The molecule has 0 bridgehead atoms. The monoisotopic (exact) mass is 374 g/mol. The van der Waals surface area contributed by atoms with E-state index in [0.29, 0.717) is 0 Å². The molecule has 5 heteroatoms. The highest BCUT2D eigenvalue weighted by molar-refractivity contribution is 9.10. The van der Waals surface area contributed by atoms with Crippen molar-refractivity contribution in [1.29, 1.82) is 0 Å². The molecule has 0 spiro atoms. The molecule has 0 aliphatic carbocycles. The summed E-state index contributed by atoms with van der Waals surface area (Å²) in [6.45, 7) is 2.09. The summed E-state index contributed by atoms with van der Waals surface area (Å²) in [6, 6.07) is 6.23. The molecule has 17 heavy (non-hydrogen) atoms. The van der Waals surface area contributed by atoms with Crippen molar-refractivity contribution in [3.8, 4) is 0 Å². The van der Waals surface area contributed by atoms with Crippen molar-refractivity contribution in [1.82, 2.24) is 5.43 Å². The van der Waals surface area contributed by atoms with Crippen molar-refractivity contribution in [3.63, 3.8) is 0 Å². The van der Waals surface area contributed by atoms with Gasteiger partial charge in [0.2, 0.25) is 0 Å². The number of hydrogen-bond donors (Lipinski definition) is 2. The summed E-state index contributed by atoms with van der Waals surface area (Å²) in [5.41, 5.74) is 6.45. The number of nitrogens with one attached hydrogen (secondary N) is 1. The van der Waals surface area contributed by atoms with Gasteiger partial charge in [-0.15, -0.1) is 0 Å². The van der Waals surface area contributed by atoms with Gasteiger partial charge in [0.15, 0.2) is 0 Å². The molecule has 1 aromatic carbocycles. The Hall–Kier alpha value is -0.200. The van der Waals surface area contributed by atoms with Crippen LogP contribution in [-0.2, 0) is 0 Å². The third kappa shape index (κ3) is 2.80. The first-order valence-corrected chi connectivity index (χ1v) is 7.60. The van der Waals surface area contributed by atoms with Gasteiger partial charge in [0, 0.05) is 14.3 Å². The summed E-state index contributed by atoms with van der Waals surface area (Å²) in [5, 5.41) is 4.17. The molecule has 2 nitrogen and oxygen atoms in total. The van der Waals surface area contributed by atoms with Gasteiger partial charge in [-0.25, -0.2) is 5.43 Å². The summed E-state index contributed by atoms with van der Waals surface area (Å²) < 4.78 is 2.15. The highest BCUT2D eigenvalue weighted by Gasteiger charge is 2.18. The summed E-state index contributed by atoms with van der Waals surface area (Å²) in [5.74, 6) is 5.70. The molecule has 1 aromatic heterocycles. The van der Waals surface area contributed by atoms with E-state index in [9.17, 15) is 0 Å². The van der Waals surface area contributed by atoms with Crippen LogP contribution in [0.25, 0.3) is 0 Å². The maximum absolute atomic E-state index is 5.70. The summed E-state index contributed by atoms with van der Waals surface area (Å²) in [4.78, 5) is 0. The second-order valence-corrected chi connectivity index (χ2v) is 6.29. The fourth-order valence-electron chi connectivity index (χ4n) is 1.77. The Kier molecular flexibility index (Phi) is 4.38. The van der Waals surface area contributed by atoms with Gasteiger partial charge in [0.1, 0.15) is 0 Å². The van der Waals surface area contributed by atoms with Gasteiger partial charge in [-0.3, -0.25) is 5.84 Å². The van der Waals surface area contributed by atoms with Gasteiger partial charge in [-0.2, -0.15) is 11.3 Å². The van der Waals surface area contributed by atoms with Crippen molar-refractivity contribution >= 4 is 43.2 Å². The lowest BCUT2D eigenvalue weighted by Crippen LogP contribution is -2.29. The fourth-order valence-corrected chi connectivity index (χ4v) is 3.70. The molecule has 0 fully saturated rings. The summed E-state index contributed by atoms with van der Waals surface area (Å²) >= 11 is 8.71. The number of halogens is 2. The van der Waals surface area contributed by atoms with Crippen LogP contribution < -0.4 is 11.3 Å². The van der Waals surface area contributed by atoms with Gasteiger partial charge in [0.25, 0.3) is 0 Å². The predicted octanol–water partition coefficient (Wildman–Crippen LogP) is 4.13. The third-order valence-corrected chi connectivity index (χ3v) is 4.92. The lowest BCUT2D eigenvalue weighted by Gasteiger charge is -2.18. The third-order valence-electron chi connectivity index (χ3n) is 2.67. The van der Waals surface area contributed by atoms with Gasteiger partial charge < -0.3 is 0 Å². The van der Waals surface area contributed by atoms with Gasteiger partial charge >= 0.3 is 0 Å². The van der Waals surface area contributed by atoms with E-state index < -0.39 is 0 Å². The van der Waals surface area contributed by atoms with Crippen LogP contribution >= 0.6 is 43.2 Å². The molecule has 0 saturated carbocycles. The zero-order valence-corrected chi connectivity index (χ0v) is 13.2. The van der Waals surface area contributed by atoms with Crippen molar-refractivity contribution in [2.75, 3.05) is 0 Å². The van der Waals surface area contributed by atoms with E-state index in [1.165, 1.54) is 16.7 Å². The maximum Gasteiger partial charge on any atom is 0.0732 e. The zero-order chi connectivity index (χ0) is 12.4. The van der Waals surface area contributed by atoms with Crippen LogP contribution in [0, 0.1) is 6.92 Å². The quantitative estimate of drug-likeness (QED) is 0.625. The second-order valence-electron chi connectivity index (χ2n) is 3.78. The molecule has 2 rings (SSSR count). The number of rotatable bonds is 3. The minimum absolute atomic E-state index is 0.00752. The molecule has 3 N–H and O–H groups in total. The molecule has 1 unspecified atom stereocenters. The summed E-state index contributed by atoms with van der Waals surface area (Å²) in [6.07, 6.45) is 0. The Balaban J connectivity index is 2.49. The Morgan fingerprint density at radius 2 is 2.00 bits per heavy atom. The minimum atomic E-state index is 0.00752. The van der Waals surface area contributed by atoms with Crippen LogP contribution in [-0.4, -0.2) is 0 Å². The Labute approximate surface area is 121 Å². The predicted molar refractivity (Wildman–Crippen MR) is 80.1 cm³/mol. The van der Waals surface area contributed by atoms with E-state index >= 15 is 0 Å². The average Bonchev–Trinajstić information content (AvgIpc) is 2.71. The molecule has 90 valence electrons. The molecule has 2 aromatic rings. The highest BCUT2D eigenvalue weighted by atomic mass is 79.9. The Morgan fingerprint density at radius 3 is 2.59 bits per heavy atom. The molecule has 0 saturated heterocycles. The number of hydrogen-bond acceptors (Lipinski definition) is 3. The molecule has 1 heterocycles. The van der Waals surface area contributed by atoms with Crippen LogP contribution in [0.2, 0.25) is 0 Å². The van der Waals surface area contributed by atoms with Crippen LogP contribution in [0.5, 0.6) is 0 Å². The van der Waals surface area contributed by atoms with Crippen LogP contribution in [0.15, 0.2) is 37.9 Å². The first kappa shape index (κ1) is 13.2. The van der Waals surface area contributed by atoms with Crippen molar-refractivity contribution in [2.24, 2.45) is 5.84 Å². The molecule has 1 atom stereocenters. The van der Waals surface area contributed by atoms with Gasteiger partial charge in [-0.05, 0) is 57.1 Å². The van der Waals surface area contributed by atoms with E-state index in [1.54, 1.807) is 11.3 Å². The van der Waals surface area contributed by atoms with Crippen molar-refractivity contribution in [2.45, 2.75) is 13.0 Å². The zero-order valence-electron chi connectivity index (χ0n) is 9.21. The first-order chi connectivity index (χ1) is 8.13. The number of benzene rings is 1. The number of nitrogens with two attached hydrogens (primary N) is 1. The topological polar surface area (TPSA) is 38.0 Å². The standard InChI is InChI=1S/C12H12Br2N2S/c1-7-2-3-8(13)4-9(7)12(16-15)10-5-17-6-11(10)14/h2-6,12,16H,15H2,1H3. The molecule has 0 aliphatic heterocycles. The lowest BCUT2D eigenvalue weighted by atomic mass is 9.97. The normalized spacial score (nSPS) is 12.7. The highest BCUT2D eigenvalue weighted by Crippen LogP contribution is 2.33. The SMILES string of the molecule is Cc1ccc(Br)cc1C(NN)c1cscc1Br. The first-order valence-electron chi connectivity index (χ1n) is 5.07. The van der Waals surface area contributed by atoms with Crippen LogP contribution in [0.1, 0.15) is 22.7 Å². The average molecular weight is 376 g/mol. The molecule has 0 amide bonds. The summed E-state index contributed by atoms with van der Waals surface area (Å²) in [7, 11) is 0. The second kappa shape index (κ2) is 5.63. The maximum atomic E-state index is 5.70. The Morgan fingerprint density at radius 1 is 1.24 bits per heavy atom. The van der Waals surface area contributed by atoms with Gasteiger partial charge in [0.05, 0.1) is 6.04 Å². The van der Waals surface area contributed by atoms with E-state index in [-0.39, 0.29) is 6.04 Å². The smallest absolute Gasteiger partial charge is 0.0732 e. The molecule has 0 aliphatic rings. The Bertz CT molecular complexity index is 525. The van der Waals surface area contributed by atoms with Gasteiger partial charge in [-0.1, -0.05) is 22.0 Å². The van der Waals surface area contributed by atoms with Crippen molar-refractivity contribution < 1.29 is 0 Å². The molecule has 0 radical (unpaired) electrons.